The van der Waals surface area contributed by atoms with Gasteiger partial charge in [-0.3, -0.25) is 4.79 Å². The molecule has 0 fully saturated rings. The standard InChI is InChI=1S/C7H7NO2S2/c1-11-12-7-6(10-5-9)3-2-4-8-7/h2-5H,1H3. The number of rotatable bonds is 4. The largest absolute Gasteiger partial charge is 0.426 e. The fourth-order valence-electron chi connectivity index (χ4n) is 0.659. The maximum absolute atomic E-state index is 10.1. The summed E-state index contributed by atoms with van der Waals surface area (Å²) in [6.45, 7) is 0.404. The van der Waals surface area contributed by atoms with Crippen LogP contribution in [-0.4, -0.2) is 17.7 Å². The third-order valence-electron chi connectivity index (χ3n) is 1.07. The SMILES string of the molecule is CSSc1ncccc1OC=O. The van der Waals surface area contributed by atoms with Gasteiger partial charge in [-0.2, -0.15) is 0 Å². The second-order valence-corrected chi connectivity index (χ2v) is 4.16. The topological polar surface area (TPSA) is 39.2 Å². The van der Waals surface area contributed by atoms with Crippen molar-refractivity contribution >= 4 is 28.1 Å². The number of carbonyl (C=O) groups excluding carboxylic acids is 1. The first-order chi connectivity index (χ1) is 5.88. The smallest absolute Gasteiger partial charge is 0.298 e. The Morgan fingerprint density at radius 2 is 2.50 bits per heavy atom. The molecular formula is C7H7NO2S2. The van der Waals surface area contributed by atoms with Crippen molar-refractivity contribution in [3.05, 3.63) is 18.3 Å². The summed E-state index contributed by atoms with van der Waals surface area (Å²) in [5, 5.41) is 0.720. The molecule has 1 rings (SSSR count). The molecule has 0 N–H and O–H groups in total. The van der Waals surface area contributed by atoms with Gasteiger partial charge in [0, 0.05) is 6.20 Å². The minimum atomic E-state index is 0.404. The molecule has 5 heteroatoms. The Bertz CT molecular complexity index is 267. The van der Waals surface area contributed by atoms with E-state index >= 15 is 0 Å². The first kappa shape index (κ1) is 9.41. The van der Waals surface area contributed by atoms with Gasteiger partial charge < -0.3 is 4.74 Å². The highest BCUT2D eigenvalue weighted by Gasteiger charge is 2.03. The predicted molar refractivity (Wildman–Crippen MR) is 50.3 cm³/mol. The van der Waals surface area contributed by atoms with Crippen LogP contribution in [0, 0.1) is 0 Å². The summed E-state index contributed by atoms with van der Waals surface area (Å²) in [6.07, 6.45) is 3.60. The molecule has 1 aromatic heterocycles. The number of carbonyl (C=O) groups is 1. The maximum Gasteiger partial charge on any atom is 0.298 e. The molecule has 1 aromatic rings. The molecule has 0 amide bonds. The number of hydrogen-bond donors (Lipinski definition) is 0. The van der Waals surface area contributed by atoms with Crippen LogP contribution >= 0.6 is 21.6 Å². The van der Waals surface area contributed by atoms with Crippen molar-refractivity contribution in [3.8, 4) is 5.75 Å². The molecule has 1 heterocycles. The highest BCUT2D eigenvalue weighted by atomic mass is 33.1. The Morgan fingerprint density at radius 3 is 3.17 bits per heavy atom. The van der Waals surface area contributed by atoms with Crippen molar-refractivity contribution in [2.75, 3.05) is 6.26 Å². The van der Waals surface area contributed by atoms with Gasteiger partial charge >= 0.3 is 0 Å². The Kier molecular flexibility index (Phi) is 3.96. The Hall–Kier alpha value is -0.680. The molecule has 0 unspecified atom stereocenters. The molecular weight excluding hydrogens is 194 g/mol. The predicted octanol–water partition coefficient (Wildman–Crippen LogP) is 1.99. The number of aromatic nitrogens is 1. The second-order valence-electron chi connectivity index (χ2n) is 1.77. The molecule has 3 nitrogen and oxygen atoms in total. The normalized spacial score (nSPS) is 9.42. The van der Waals surface area contributed by atoms with Crippen molar-refractivity contribution in [1.29, 1.82) is 0 Å². The molecule has 0 bridgehead atoms. The van der Waals surface area contributed by atoms with Gasteiger partial charge in [0.1, 0.15) is 5.03 Å². The van der Waals surface area contributed by atoms with E-state index in [4.69, 9.17) is 4.74 Å². The van der Waals surface area contributed by atoms with Crippen LogP contribution in [-0.2, 0) is 4.79 Å². The zero-order valence-electron chi connectivity index (χ0n) is 6.39. The van der Waals surface area contributed by atoms with Crippen LogP contribution in [0.2, 0.25) is 0 Å². The van der Waals surface area contributed by atoms with E-state index in [-0.39, 0.29) is 0 Å². The summed E-state index contributed by atoms with van der Waals surface area (Å²) >= 11 is 0. The van der Waals surface area contributed by atoms with Crippen molar-refractivity contribution in [2.24, 2.45) is 0 Å². The van der Waals surface area contributed by atoms with Crippen LogP contribution in [0.5, 0.6) is 5.75 Å². The summed E-state index contributed by atoms with van der Waals surface area (Å²) in [5.41, 5.74) is 0. The third kappa shape index (κ3) is 2.42. The van der Waals surface area contributed by atoms with E-state index in [9.17, 15) is 4.79 Å². The van der Waals surface area contributed by atoms with Crippen molar-refractivity contribution in [1.82, 2.24) is 4.98 Å². The van der Waals surface area contributed by atoms with Crippen LogP contribution in [0.1, 0.15) is 0 Å². The number of pyridine rings is 1. The number of nitrogens with zero attached hydrogens (tertiary/aromatic N) is 1. The van der Waals surface area contributed by atoms with E-state index in [0.717, 1.165) is 5.03 Å². The van der Waals surface area contributed by atoms with Crippen LogP contribution < -0.4 is 4.74 Å². The molecule has 0 aliphatic rings. The lowest BCUT2D eigenvalue weighted by molar-refractivity contribution is -0.120. The van der Waals surface area contributed by atoms with Gasteiger partial charge in [-0.05, 0) is 29.2 Å². The van der Waals surface area contributed by atoms with E-state index < -0.39 is 0 Å². The van der Waals surface area contributed by atoms with Gasteiger partial charge in [-0.25, -0.2) is 4.98 Å². The van der Waals surface area contributed by atoms with Gasteiger partial charge in [0.2, 0.25) is 0 Å². The molecule has 0 radical (unpaired) electrons. The minimum absolute atomic E-state index is 0.404. The summed E-state index contributed by atoms with van der Waals surface area (Å²) in [6, 6.07) is 3.43. The van der Waals surface area contributed by atoms with Gasteiger partial charge in [-0.15, -0.1) is 0 Å². The lowest BCUT2D eigenvalue weighted by Gasteiger charge is -2.01. The van der Waals surface area contributed by atoms with E-state index in [1.807, 2.05) is 6.26 Å². The first-order valence-electron chi connectivity index (χ1n) is 3.14. The van der Waals surface area contributed by atoms with E-state index in [0.29, 0.717) is 12.2 Å². The van der Waals surface area contributed by atoms with Crippen molar-refractivity contribution in [3.63, 3.8) is 0 Å². The van der Waals surface area contributed by atoms with Crippen molar-refractivity contribution < 1.29 is 9.53 Å². The van der Waals surface area contributed by atoms with Crippen LogP contribution in [0.15, 0.2) is 23.4 Å². The second kappa shape index (κ2) is 5.05. The highest BCUT2D eigenvalue weighted by Crippen LogP contribution is 2.33. The molecule has 0 atom stereocenters. The van der Waals surface area contributed by atoms with E-state index in [1.54, 1.807) is 29.1 Å². The lowest BCUT2D eigenvalue weighted by Crippen LogP contribution is -1.91. The average molecular weight is 201 g/mol. The van der Waals surface area contributed by atoms with Gasteiger partial charge in [0.15, 0.2) is 5.75 Å². The number of hydrogen-bond acceptors (Lipinski definition) is 5. The summed E-state index contributed by atoms with van der Waals surface area (Å²) in [4.78, 5) is 14.1. The highest BCUT2D eigenvalue weighted by molar-refractivity contribution is 8.76. The molecule has 0 aliphatic heterocycles. The van der Waals surface area contributed by atoms with Gasteiger partial charge in [0.05, 0.1) is 0 Å². The van der Waals surface area contributed by atoms with Gasteiger partial charge in [0.25, 0.3) is 6.47 Å². The maximum atomic E-state index is 10.1. The molecule has 0 spiro atoms. The summed E-state index contributed by atoms with van der Waals surface area (Å²) in [7, 11) is 3.02. The molecule has 0 aliphatic carbocycles. The fourth-order valence-corrected chi connectivity index (χ4v) is 1.97. The molecule has 0 saturated carbocycles. The molecule has 64 valence electrons. The molecule has 0 saturated heterocycles. The van der Waals surface area contributed by atoms with Crippen LogP contribution in [0.25, 0.3) is 0 Å². The Morgan fingerprint density at radius 1 is 1.67 bits per heavy atom. The zero-order valence-corrected chi connectivity index (χ0v) is 8.02. The fraction of sp³-hybridized carbons (Fsp3) is 0.143. The zero-order chi connectivity index (χ0) is 8.81. The van der Waals surface area contributed by atoms with E-state index in [2.05, 4.69) is 4.98 Å². The Labute approximate surface area is 78.3 Å². The number of ether oxygens (including phenoxy) is 1. The Balaban J connectivity index is 2.83. The molecule has 12 heavy (non-hydrogen) atoms. The van der Waals surface area contributed by atoms with E-state index in [1.165, 1.54) is 10.8 Å². The van der Waals surface area contributed by atoms with Crippen molar-refractivity contribution in [2.45, 2.75) is 5.03 Å². The lowest BCUT2D eigenvalue weighted by atomic mass is 10.5. The monoisotopic (exact) mass is 201 g/mol. The quantitative estimate of drug-likeness (QED) is 0.550. The van der Waals surface area contributed by atoms with Crippen LogP contribution in [0.4, 0.5) is 0 Å². The van der Waals surface area contributed by atoms with Gasteiger partial charge in [-0.1, -0.05) is 10.8 Å². The first-order valence-corrected chi connectivity index (χ1v) is 5.70. The third-order valence-corrected chi connectivity index (χ3v) is 2.68. The minimum Gasteiger partial charge on any atom is -0.426 e. The summed E-state index contributed by atoms with van der Waals surface area (Å²) < 4.78 is 4.71. The molecule has 0 aromatic carbocycles. The average Bonchev–Trinajstić information content (AvgIpc) is 2.09. The summed E-state index contributed by atoms with van der Waals surface area (Å²) in [5.74, 6) is 0.506. The van der Waals surface area contributed by atoms with Crippen LogP contribution in [0.3, 0.4) is 0 Å².